The van der Waals surface area contributed by atoms with Gasteiger partial charge >= 0.3 is 0 Å². The molecule has 0 aliphatic carbocycles. The molecule has 0 saturated carbocycles. The van der Waals surface area contributed by atoms with E-state index in [9.17, 15) is 20.1 Å². The number of rotatable bonds is 4. The zero-order chi connectivity index (χ0) is 20.5. The van der Waals surface area contributed by atoms with E-state index in [-0.39, 0.29) is 40.8 Å². The monoisotopic (exact) mass is 401 g/mol. The highest BCUT2D eigenvalue weighted by molar-refractivity contribution is 6.03. The number of ether oxygens (including phenoxy) is 3. The Hall–Kier alpha value is -2.97. The minimum atomic E-state index is -0.643. The number of carbonyl (C=O) groups is 1. The summed E-state index contributed by atoms with van der Waals surface area (Å²) >= 11 is 0. The maximum absolute atomic E-state index is 12.8. The molecule has 0 spiro atoms. The van der Waals surface area contributed by atoms with Crippen LogP contribution in [-0.2, 0) is 11.3 Å². The van der Waals surface area contributed by atoms with E-state index < -0.39 is 6.10 Å². The van der Waals surface area contributed by atoms with Crippen LogP contribution < -0.4 is 9.47 Å². The number of aromatic hydroxyl groups is 3. The second-order valence-electron chi connectivity index (χ2n) is 7.15. The molecule has 4 rings (SSSR count). The van der Waals surface area contributed by atoms with Gasteiger partial charge in [-0.15, -0.1) is 0 Å². The van der Waals surface area contributed by atoms with Gasteiger partial charge in [0.2, 0.25) is 0 Å². The van der Waals surface area contributed by atoms with Gasteiger partial charge in [0.05, 0.1) is 32.3 Å². The van der Waals surface area contributed by atoms with E-state index in [1.54, 1.807) is 12.1 Å². The number of Topliss-reactive ketones (excluding diaryl/α,β-unsaturated/α-hetero) is 1. The number of methoxy groups -OCH3 is 1. The zero-order valence-corrected chi connectivity index (χ0v) is 16.1. The van der Waals surface area contributed by atoms with Crippen LogP contribution in [0.5, 0.6) is 28.7 Å². The van der Waals surface area contributed by atoms with Gasteiger partial charge in [-0.05, 0) is 17.7 Å². The normalized spacial score (nSPS) is 19.5. The summed E-state index contributed by atoms with van der Waals surface area (Å²) in [5, 5.41) is 31.2. The van der Waals surface area contributed by atoms with Crippen molar-refractivity contribution in [1.82, 2.24) is 4.90 Å². The van der Waals surface area contributed by atoms with Crippen molar-refractivity contribution in [2.75, 3.05) is 33.4 Å². The average molecular weight is 401 g/mol. The molecule has 2 aliphatic rings. The number of carbonyl (C=O) groups excluding carboxylic acids is 1. The lowest BCUT2D eigenvalue weighted by molar-refractivity contribution is 0.0335. The fraction of sp³-hybridized carbons (Fsp3) is 0.381. The first-order valence-electron chi connectivity index (χ1n) is 9.42. The SMILES string of the molecule is COc1ccc([C@@H]2CC(=O)c3c(cc(O)c(CN4CCOCC4)c3O)O2)cc1O. The number of benzene rings is 2. The Bertz CT molecular complexity index is 937. The first kappa shape index (κ1) is 19.4. The summed E-state index contributed by atoms with van der Waals surface area (Å²) in [5.41, 5.74) is 0.988. The molecular formula is C21H23NO7. The molecule has 0 unspecified atom stereocenters. The van der Waals surface area contributed by atoms with Crippen molar-refractivity contribution in [3.63, 3.8) is 0 Å². The van der Waals surface area contributed by atoms with Crippen molar-refractivity contribution < 1.29 is 34.3 Å². The molecule has 0 aromatic heterocycles. The van der Waals surface area contributed by atoms with E-state index in [2.05, 4.69) is 0 Å². The summed E-state index contributed by atoms with van der Waals surface area (Å²) < 4.78 is 16.2. The summed E-state index contributed by atoms with van der Waals surface area (Å²) in [6.07, 6.45) is -0.635. The molecule has 2 heterocycles. The predicted octanol–water partition coefficient (Wildman–Crippen LogP) is 2.35. The quantitative estimate of drug-likeness (QED) is 0.717. The lowest BCUT2D eigenvalue weighted by Crippen LogP contribution is -2.35. The number of hydrogen-bond donors (Lipinski definition) is 3. The molecular weight excluding hydrogens is 378 g/mol. The number of fused-ring (bicyclic) bond motifs is 1. The molecule has 1 saturated heterocycles. The lowest BCUT2D eigenvalue weighted by atomic mass is 9.93. The van der Waals surface area contributed by atoms with Gasteiger partial charge < -0.3 is 29.5 Å². The molecule has 0 radical (unpaired) electrons. The van der Waals surface area contributed by atoms with Crippen molar-refractivity contribution in [3.8, 4) is 28.7 Å². The molecule has 3 N–H and O–H groups in total. The summed E-state index contributed by atoms with van der Waals surface area (Å²) in [6, 6.07) is 6.15. The molecule has 2 aliphatic heterocycles. The smallest absolute Gasteiger partial charge is 0.174 e. The molecule has 154 valence electrons. The van der Waals surface area contributed by atoms with Gasteiger partial charge in [-0.1, -0.05) is 6.07 Å². The van der Waals surface area contributed by atoms with Gasteiger partial charge in [-0.3, -0.25) is 9.69 Å². The van der Waals surface area contributed by atoms with Gasteiger partial charge in [0.25, 0.3) is 0 Å². The van der Waals surface area contributed by atoms with Crippen molar-refractivity contribution in [3.05, 3.63) is 41.0 Å². The Labute approximate surface area is 167 Å². The van der Waals surface area contributed by atoms with Gasteiger partial charge in [0.15, 0.2) is 17.3 Å². The van der Waals surface area contributed by atoms with Crippen LogP contribution in [0.2, 0.25) is 0 Å². The Morgan fingerprint density at radius 2 is 1.90 bits per heavy atom. The third kappa shape index (κ3) is 3.68. The summed E-state index contributed by atoms with van der Waals surface area (Å²) in [5.74, 6) is -0.265. The minimum absolute atomic E-state index is 0.00803. The number of phenols is 3. The standard InChI is InChI=1S/C21H23NO7/c1-27-17-3-2-12(8-15(17)24)18-10-16(25)20-19(29-18)9-14(23)13(21(20)26)11-22-4-6-28-7-5-22/h2-3,8-9,18,23-24,26H,4-7,10-11H2,1H3/t18-/m0/s1. The third-order valence-corrected chi connectivity index (χ3v) is 5.33. The number of ketones is 1. The van der Waals surface area contributed by atoms with Gasteiger partial charge in [0.1, 0.15) is 28.9 Å². The van der Waals surface area contributed by atoms with Gasteiger partial charge in [-0.2, -0.15) is 0 Å². The van der Waals surface area contributed by atoms with Crippen LogP contribution in [0, 0.1) is 0 Å². The second kappa shape index (κ2) is 7.81. The van der Waals surface area contributed by atoms with E-state index in [0.29, 0.717) is 49.7 Å². The zero-order valence-electron chi connectivity index (χ0n) is 16.1. The highest BCUT2D eigenvalue weighted by atomic mass is 16.5. The topological polar surface area (TPSA) is 109 Å². The van der Waals surface area contributed by atoms with Crippen LogP contribution in [0.15, 0.2) is 24.3 Å². The van der Waals surface area contributed by atoms with E-state index >= 15 is 0 Å². The van der Waals surface area contributed by atoms with E-state index in [0.717, 1.165) is 0 Å². The molecule has 0 bridgehead atoms. The summed E-state index contributed by atoms with van der Waals surface area (Å²) in [4.78, 5) is 14.9. The first-order valence-corrected chi connectivity index (χ1v) is 9.42. The molecule has 8 heteroatoms. The fourth-order valence-electron chi connectivity index (χ4n) is 3.73. The highest BCUT2D eigenvalue weighted by Crippen LogP contribution is 2.45. The number of hydrogen-bond acceptors (Lipinski definition) is 8. The number of phenolic OH excluding ortho intramolecular Hbond substituents is 3. The van der Waals surface area contributed by atoms with Crippen LogP contribution in [0.1, 0.15) is 34.0 Å². The molecule has 2 aromatic rings. The Morgan fingerprint density at radius 1 is 1.14 bits per heavy atom. The van der Waals surface area contributed by atoms with E-state index in [4.69, 9.17) is 14.2 Å². The Morgan fingerprint density at radius 3 is 2.59 bits per heavy atom. The number of morpholine rings is 1. The third-order valence-electron chi connectivity index (χ3n) is 5.33. The minimum Gasteiger partial charge on any atom is -0.507 e. The Kier molecular flexibility index (Phi) is 5.21. The maximum atomic E-state index is 12.8. The molecule has 1 fully saturated rings. The van der Waals surface area contributed by atoms with Crippen molar-refractivity contribution in [2.45, 2.75) is 19.1 Å². The number of nitrogens with zero attached hydrogens (tertiary/aromatic N) is 1. The predicted molar refractivity (Wildman–Crippen MR) is 103 cm³/mol. The molecule has 29 heavy (non-hydrogen) atoms. The fourth-order valence-corrected chi connectivity index (χ4v) is 3.73. The highest BCUT2D eigenvalue weighted by Gasteiger charge is 2.33. The van der Waals surface area contributed by atoms with Crippen molar-refractivity contribution in [1.29, 1.82) is 0 Å². The molecule has 8 nitrogen and oxygen atoms in total. The average Bonchev–Trinajstić information content (AvgIpc) is 2.71. The largest absolute Gasteiger partial charge is 0.507 e. The lowest BCUT2D eigenvalue weighted by Gasteiger charge is -2.30. The Balaban J connectivity index is 1.63. The van der Waals surface area contributed by atoms with Crippen LogP contribution in [-0.4, -0.2) is 59.4 Å². The van der Waals surface area contributed by atoms with Crippen LogP contribution >= 0.6 is 0 Å². The van der Waals surface area contributed by atoms with Crippen molar-refractivity contribution >= 4 is 5.78 Å². The summed E-state index contributed by atoms with van der Waals surface area (Å²) in [7, 11) is 1.45. The van der Waals surface area contributed by atoms with E-state index in [1.807, 2.05) is 4.90 Å². The molecule has 0 amide bonds. The van der Waals surface area contributed by atoms with Gasteiger partial charge in [0, 0.05) is 25.7 Å². The maximum Gasteiger partial charge on any atom is 0.174 e. The first-order chi connectivity index (χ1) is 14.0. The van der Waals surface area contributed by atoms with Crippen LogP contribution in [0.3, 0.4) is 0 Å². The van der Waals surface area contributed by atoms with Gasteiger partial charge in [-0.25, -0.2) is 0 Å². The summed E-state index contributed by atoms with van der Waals surface area (Å²) in [6.45, 7) is 2.86. The van der Waals surface area contributed by atoms with Crippen LogP contribution in [0.25, 0.3) is 0 Å². The molecule has 2 aromatic carbocycles. The molecule has 1 atom stereocenters. The second-order valence-corrected chi connectivity index (χ2v) is 7.15. The van der Waals surface area contributed by atoms with Crippen molar-refractivity contribution in [2.24, 2.45) is 0 Å². The van der Waals surface area contributed by atoms with Crippen LogP contribution in [0.4, 0.5) is 0 Å². The van der Waals surface area contributed by atoms with E-state index in [1.165, 1.54) is 19.2 Å².